The standard InChI is InChI=1S/C20H15N/c1-14-6-7-17-13-18(9-8-16(17)12-14)20-11-10-15-4-2-3-5-19(15)21-20/h2-13H,1H3. The summed E-state index contributed by atoms with van der Waals surface area (Å²) in [5.74, 6) is 0. The van der Waals surface area contributed by atoms with E-state index in [1.165, 1.54) is 21.7 Å². The third-order valence-electron chi connectivity index (χ3n) is 3.89. The van der Waals surface area contributed by atoms with Gasteiger partial charge in [-0.15, -0.1) is 0 Å². The van der Waals surface area contributed by atoms with Crippen LogP contribution in [-0.2, 0) is 0 Å². The third kappa shape index (κ3) is 2.17. The largest absolute Gasteiger partial charge is 0.248 e. The number of fused-ring (bicyclic) bond motifs is 2. The van der Waals surface area contributed by atoms with Crippen molar-refractivity contribution in [2.24, 2.45) is 0 Å². The van der Waals surface area contributed by atoms with Gasteiger partial charge in [-0.05, 0) is 35.9 Å². The Kier molecular flexibility index (Phi) is 2.71. The van der Waals surface area contributed by atoms with Crippen LogP contribution in [0.5, 0.6) is 0 Å². The fourth-order valence-electron chi connectivity index (χ4n) is 2.75. The van der Waals surface area contributed by atoms with Gasteiger partial charge in [0.25, 0.3) is 0 Å². The Morgan fingerprint density at radius 1 is 0.667 bits per heavy atom. The number of aryl methyl sites for hydroxylation is 1. The van der Waals surface area contributed by atoms with E-state index in [-0.39, 0.29) is 0 Å². The summed E-state index contributed by atoms with van der Waals surface area (Å²) in [6.45, 7) is 2.12. The summed E-state index contributed by atoms with van der Waals surface area (Å²) in [6, 6.07) is 25.5. The molecule has 1 heteroatoms. The zero-order chi connectivity index (χ0) is 14.2. The second-order valence-electron chi connectivity index (χ2n) is 5.45. The van der Waals surface area contributed by atoms with E-state index in [1.807, 2.05) is 12.1 Å². The third-order valence-corrected chi connectivity index (χ3v) is 3.89. The summed E-state index contributed by atoms with van der Waals surface area (Å²) >= 11 is 0. The smallest absolute Gasteiger partial charge is 0.0709 e. The highest BCUT2D eigenvalue weighted by atomic mass is 14.7. The molecule has 0 aliphatic heterocycles. The van der Waals surface area contributed by atoms with Gasteiger partial charge in [-0.1, -0.05) is 60.2 Å². The van der Waals surface area contributed by atoms with Gasteiger partial charge in [-0.3, -0.25) is 0 Å². The van der Waals surface area contributed by atoms with E-state index in [9.17, 15) is 0 Å². The summed E-state index contributed by atoms with van der Waals surface area (Å²) in [5.41, 5.74) is 4.52. The predicted molar refractivity (Wildman–Crippen MR) is 89.4 cm³/mol. The molecule has 0 fully saturated rings. The Balaban J connectivity index is 1.89. The number of benzene rings is 3. The summed E-state index contributed by atoms with van der Waals surface area (Å²) in [7, 11) is 0. The molecule has 0 aliphatic rings. The first kappa shape index (κ1) is 12.1. The molecule has 0 bridgehead atoms. The van der Waals surface area contributed by atoms with Crippen LogP contribution >= 0.6 is 0 Å². The van der Waals surface area contributed by atoms with Crippen molar-refractivity contribution in [3.05, 3.63) is 78.4 Å². The number of hydrogen-bond acceptors (Lipinski definition) is 1. The molecule has 0 saturated heterocycles. The minimum absolute atomic E-state index is 1.02. The molecule has 100 valence electrons. The van der Waals surface area contributed by atoms with Crippen LogP contribution in [0.2, 0.25) is 0 Å². The van der Waals surface area contributed by atoms with Gasteiger partial charge >= 0.3 is 0 Å². The Morgan fingerprint density at radius 3 is 2.38 bits per heavy atom. The van der Waals surface area contributed by atoms with Crippen molar-refractivity contribution in [2.45, 2.75) is 6.92 Å². The van der Waals surface area contributed by atoms with Crippen LogP contribution in [0, 0.1) is 6.92 Å². The van der Waals surface area contributed by atoms with E-state index >= 15 is 0 Å². The first-order valence-corrected chi connectivity index (χ1v) is 7.16. The molecule has 21 heavy (non-hydrogen) atoms. The molecule has 0 atom stereocenters. The number of rotatable bonds is 1. The molecule has 4 aromatic rings. The van der Waals surface area contributed by atoms with E-state index in [0.29, 0.717) is 0 Å². The zero-order valence-electron chi connectivity index (χ0n) is 11.9. The molecular weight excluding hydrogens is 254 g/mol. The Hall–Kier alpha value is -2.67. The van der Waals surface area contributed by atoms with Gasteiger partial charge in [0.1, 0.15) is 0 Å². The van der Waals surface area contributed by atoms with E-state index in [4.69, 9.17) is 4.98 Å². The highest BCUT2D eigenvalue weighted by Gasteiger charge is 2.03. The van der Waals surface area contributed by atoms with Crippen LogP contribution in [0.25, 0.3) is 32.9 Å². The second-order valence-corrected chi connectivity index (χ2v) is 5.45. The molecule has 0 N–H and O–H groups in total. The van der Waals surface area contributed by atoms with Crippen LogP contribution in [0.1, 0.15) is 5.56 Å². The fraction of sp³-hybridized carbons (Fsp3) is 0.0500. The van der Waals surface area contributed by atoms with Crippen LogP contribution in [0.4, 0.5) is 0 Å². The summed E-state index contributed by atoms with van der Waals surface area (Å²) in [6.07, 6.45) is 0. The molecule has 4 rings (SSSR count). The molecule has 0 amide bonds. The van der Waals surface area contributed by atoms with E-state index in [0.717, 1.165) is 16.8 Å². The number of para-hydroxylation sites is 1. The molecule has 0 saturated carbocycles. The average Bonchev–Trinajstić information content (AvgIpc) is 2.54. The van der Waals surface area contributed by atoms with Gasteiger partial charge in [-0.2, -0.15) is 0 Å². The first-order valence-electron chi connectivity index (χ1n) is 7.16. The fourth-order valence-corrected chi connectivity index (χ4v) is 2.75. The maximum Gasteiger partial charge on any atom is 0.0709 e. The van der Waals surface area contributed by atoms with Gasteiger partial charge in [0.15, 0.2) is 0 Å². The maximum atomic E-state index is 4.77. The lowest BCUT2D eigenvalue weighted by Gasteiger charge is -2.06. The highest BCUT2D eigenvalue weighted by Crippen LogP contribution is 2.25. The molecular formula is C20H15N. The van der Waals surface area contributed by atoms with Crippen molar-refractivity contribution in [1.82, 2.24) is 4.98 Å². The highest BCUT2D eigenvalue weighted by molar-refractivity contribution is 5.88. The molecule has 0 aliphatic carbocycles. The van der Waals surface area contributed by atoms with Crippen molar-refractivity contribution < 1.29 is 0 Å². The molecule has 0 spiro atoms. The average molecular weight is 269 g/mol. The minimum Gasteiger partial charge on any atom is -0.248 e. The minimum atomic E-state index is 1.02. The monoisotopic (exact) mass is 269 g/mol. The lowest BCUT2D eigenvalue weighted by atomic mass is 10.0. The van der Waals surface area contributed by atoms with Gasteiger partial charge in [0.2, 0.25) is 0 Å². The lowest BCUT2D eigenvalue weighted by molar-refractivity contribution is 1.40. The van der Waals surface area contributed by atoms with Crippen molar-refractivity contribution in [3.8, 4) is 11.3 Å². The van der Waals surface area contributed by atoms with Crippen LogP contribution < -0.4 is 0 Å². The molecule has 1 aromatic heterocycles. The summed E-state index contributed by atoms with van der Waals surface area (Å²) in [4.78, 5) is 4.77. The SMILES string of the molecule is Cc1ccc2cc(-c3ccc4ccccc4n3)ccc2c1. The number of nitrogens with zero attached hydrogens (tertiary/aromatic N) is 1. The van der Waals surface area contributed by atoms with Crippen molar-refractivity contribution in [2.75, 3.05) is 0 Å². The predicted octanol–water partition coefficient (Wildman–Crippen LogP) is 5.36. The van der Waals surface area contributed by atoms with Crippen LogP contribution in [-0.4, -0.2) is 4.98 Å². The lowest BCUT2D eigenvalue weighted by Crippen LogP contribution is -1.85. The molecule has 0 unspecified atom stereocenters. The van der Waals surface area contributed by atoms with Gasteiger partial charge < -0.3 is 0 Å². The van der Waals surface area contributed by atoms with Crippen molar-refractivity contribution >= 4 is 21.7 Å². The van der Waals surface area contributed by atoms with Gasteiger partial charge in [0, 0.05) is 10.9 Å². The van der Waals surface area contributed by atoms with Gasteiger partial charge in [0.05, 0.1) is 11.2 Å². The van der Waals surface area contributed by atoms with E-state index in [2.05, 4.69) is 67.6 Å². The Morgan fingerprint density at radius 2 is 1.43 bits per heavy atom. The number of hydrogen-bond donors (Lipinski definition) is 0. The molecule has 1 heterocycles. The van der Waals surface area contributed by atoms with Crippen molar-refractivity contribution in [3.63, 3.8) is 0 Å². The quantitative estimate of drug-likeness (QED) is 0.453. The summed E-state index contributed by atoms with van der Waals surface area (Å²) < 4.78 is 0. The zero-order valence-corrected chi connectivity index (χ0v) is 11.9. The van der Waals surface area contributed by atoms with Crippen molar-refractivity contribution in [1.29, 1.82) is 0 Å². The van der Waals surface area contributed by atoms with E-state index in [1.54, 1.807) is 0 Å². The maximum absolute atomic E-state index is 4.77. The normalized spacial score (nSPS) is 11.1. The Bertz CT molecular complexity index is 954. The molecule has 3 aromatic carbocycles. The first-order chi connectivity index (χ1) is 10.3. The van der Waals surface area contributed by atoms with Crippen LogP contribution in [0.15, 0.2) is 72.8 Å². The number of aromatic nitrogens is 1. The molecule has 1 nitrogen and oxygen atoms in total. The summed E-state index contributed by atoms with van der Waals surface area (Å²) in [5, 5.41) is 3.71. The molecule has 0 radical (unpaired) electrons. The van der Waals surface area contributed by atoms with E-state index < -0.39 is 0 Å². The van der Waals surface area contributed by atoms with Crippen LogP contribution in [0.3, 0.4) is 0 Å². The topological polar surface area (TPSA) is 12.9 Å². The van der Waals surface area contributed by atoms with Gasteiger partial charge in [-0.25, -0.2) is 4.98 Å². The Labute approximate surface area is 123 Å². The number of pyridine rings is 1. The second kappa shape index (κ2) is 4.71.